The van der Waals surface area contributed by atoms with Crippen LogP contribution >= 0.6 is 0 Å². The number of phenolic OH excluding ortho intramolecular Hbond substituents is 1. The Morgan fingerprint density at radius 1 is 0.778 bits per heavy atom. The second-order valence-electron chi connectivity index (χ2n) is 15.7. The van der Waals surface area contributed by atoms with Crippen molar-refractivity contribution in [2.45, 2.75) is 91.0 Å². The number of rotatable bonds is 1. The van der Waals surface area contributed by atoms with Gasteiger partial charge in [0.25, 0.3) is 0 Å². The first-order valence-electron chi connectivity index (χ1n) is 15.7. The first kappa shape index (κ1) is 31.5. The third kappa shape index (κ3) is 4.50. The fourth-order valence-corrected chi connectivity index (χ4v) is 7.10. The Morgan fingerprint density at radius 3 is 2.13 bits per heavy atom. The number of pyridine rings is 1. The van der Waals surface area contributed by atoms with E-state index >= 15 is 0 Å². The fourth-order valence-electron chi connectivity index (χ4n) is 7.10. The van der Waals surface area contributed by atoms with Crippen molar-refractivity contribution in [2.75, 3.05) is 0 Å². The molecule has 0 saturated carbocycles. The molecule has 0 saturated heterocycles. The van der Waals surface area contributed by atoms with Gasteiger partial charge in [0.05, 0.1) is 22.3 Å². The molecule has 0 atom stereocenters. The van der Waals surface area contributed by atoms with Gasteiger partial charge in [-0.15, -0.1) is 29.1 Å². The molecule has 0 spiro atoms. The summed E-state index contributed by atoms with van der Waals surface area (Å²) in [6.45, 7) is 23.1. The topological polar surface area (TPSA) is 50.9 Å². The summed E-state index contributed by atoms with van der Waals surface area (Å²) in [7, 11) is 0. The molecule has 6 aromatic rings. The number of fused-ring (bicyclic) bond motifs is 8. The number of aromatic hydroxyl groups is 1. The average molecular weight is 776 g/mol. The van der Waals surface area contributed by atoms with Crippen molar-refractivity contribution in [1.29, 1.82) is 0 Å². The van der Waals surface area contributed by atoms with E-state index in [1.54, 1.807) is 6.07 Å². The average Bonchev–Trinajstić information content (AvgIpc) is 3.35. The van der Waals surface area contributed by atoms with E-state index in [4.69, 9.17) is 9.97 Å². The molecule has 3 heterocycles. The van der Waals surface area contributed by atoms with E-state index in [2.05, 4.69) is 128 Å². The Morgan fingerprint density at radius 2 is 1.44 bits per heavy atom. The normalized spacial score (nSPS) is 15.6. The van der Waals surface area contributed by atoms with Gasteiger partial charge in [0.2, 0.25) is 0 Å². The van der Waals surface area contributed by atoms with Crippen molar-refractivity contribution in [3.05, 3.63) is 89.6 Å². The summed E-state index contributed by atoms with van der Waals surface area (Å²) in [6.07, 6.45) is 0. The van der Waals surface area contributed by atoms with Crippen molar-refractivity contribution in [1.82, 2.24) is 14.5 Å². The second-order valence-corrected chi connectivity index (χ2v) is 15.7. The third-order valence-corrected chi connectivity index (χ3v) is 10.2. The summed E-state index contributed by atoms with van der Waals surface area (Å²) >= 11 is 0. The molecule has 0 aliphatic carbocycles. The van der Waals surface area contributed by atoms with Crippen molar-refractivity contribution in [3.63, 3.8) is 0 Å². The molecule has 4 aromatic carbocycles. The van der Waals surface area contributed by atoms with Crippen LogP contribution in [-0.4, -0.2) is 19.6 Å². The Labute approximate surface area is 281 Å². The zero-order valence-corrected chi connectivity index (χ0v) is 30.2. The summed E-state index contributed by atoms with van der Waals surface area (Å²) in [5, 5.41) is 14.6. The molecule has 45 heavy (non-hydrogen) atoms. The quantitative estimate of drug-likeness (QED) is 0.134. The zero-order chi connectivity index (χ0) is 31.6. The fraction of sp³-hybridized carbons (Fsp3) is 0.350. The summed E-state index contributed by atoms with van der Waals surface area (Å²) in [5.41, 5.74) is 8.06. The van der Waals surface area contributed by atoms with Gasteiger partial charge in [-0.25, -0.2) is 9.97 Å². The Kier molecular flexibility index (Phi) is 7.00. The predicted molar refractivity (Wildman–Crippen MR) is 184 cm³/mol. The molecule has 2 aromatic heterocycles. The smallest absolute Gasteiger partial charge is 0.159 e. The number of hydrogen-bond donors (Lipinski definition) is 1. The van der Waals surface area contributed by atoms with Crippen molar-refractivity contribution in [2.24, 2.45) is 0 Å². The van der Waals surface area contributed by atoms with Crippen molar-refractivity contribution < 1.29 is 26.2 Å². The SMILES string of the molecule is CC(C)(C)c1cc(C(C)(C)C)c2c(n1)-c1nc3c(-c4[c-]c5c(cc4)ccc4cccc(O)c45)cccc3n1C(C)(C)C2(C)C.[Pt]. The predicted octanol–water partition coefficient (Wildman–Crippen LogP) is 10.2. The van der Waals surface area contributed by atoms with Crippen molar-refractivity contribution in [3.8, 4) is 28.4 Å². The first-order valence-corrected chi connectivity index (χ1v) is 15.7. The summed E-state index contributed by atoms with van der Waals surface area (Å²) < 4.78 is 2.43. The van der Waals surface area contributed by atoms with E-state index < -0.39 is 0 Å². The minimum Gasteiger partial charge on any atom is -0.515 e. The van der Waals surface area contributed by atoms with Crippen LogP contribution in [0, 0.1) is 6.07 Å². The number of hydrogen-bond acceptors (Lipinski definition) is 3. The molecule has 0 unspecified atom stereocenters. The molecule has 5 heteroatoms. The van der Waals surface area contributed by atoms with E-state index in [0.717, 1.165) is 60.9 Å². The van der Waals surface area contributed by atoms with Crippen LogP contribution in [0.3, 0.4) is 0 Å². The van der Waals surface area contributed by atoms with Gasteiger partial charge in [-0.1, -0.05) is 103 Å². The van der Waals surface area contributed by atoms with E-state index in [-0.39, 0.29) is 48.6 Å². The first-order chi connectivity index (χ1) is 20.5. The van der Waals surface area contributed by atoms with Gasteiger partial charge in [0.1, 0.15) is 5.69 Å². The molecule has 7 rings (SSSR count). The Hall–Kier alpha value is -3.49. The summed E-state index contributed by atoms with van der Waals surface area (Å²) in [4.78, 5) is 10.9. The van der Waals surface area contributed by atoms with Crippen LogP contribution in [0.15, 0.2) is 66.7 Å². The minimum atomic E-state index is -0.289. The number of para-hydroxylation sites is 1. The maximum Gasteiger partial charge on any atom is 0.159 e. The monoisotopic (exact) mass is 775 g/mol. The van der Waals surface area contributed by atoms with Crippen LogP contribution in [0.4, 0.5) is 0 Å². The van der Waals surface area contributed by atoms with Gasteiger partial charge in [-0.3, -0.25) is 0 Å². The maximum absolute atomic E-state index is 10.8. The van der Waals surface area contributed by atoms with Gasteiger partial charge in [0.15, 0.2) is 5.82 Å². The maximum atomic E-state index is 10.8. The van der Waals surface area contributed by atoms with Crippen LogP contribution in [0.2, 0.25) is 0 Å². The van der Waals surface area contributed by atoms with E-state index in [1.165, 1.54) is 11.1 Å². The van der Waals surface area contributed by atoms with Gasteiger partial charge < -0.3 is 9.67 Å². The number of imidazole rings is 1. The summed E-state index contributed by atoms with van der Waals surface area (Å²) in [6, 6.07) is 26.6. The molecule has 1 aliphatic rings. The van der Waals surface area contributed by atoms with Crippen LogP contribution in [0.5, 0.6) is 5.75 Å². The van der Waals surface area contributed by atoms with Gasteiger partial charge in [0, 0.05) is 37.6 Å². The molecular weight excluding hydrogens is 734 g/mol. The van der Waals surface area contributed by atoms with Crippen LogP contribution in [0.25, 0.3) is 55.2 Å². The van der Waals surface area contributed by atoms with Crippen molar-refractivity contribution >= 4 is 32.6 Å². The second kappa shape index (κ2) is 10.0. The van der Waals surface area contributed by atoms with Crippen LogP contribution in [-0.2, 0) is 42.8 Å². The minimum absolute atomic E-state index is 0. The number of benzene rings is 4. The van der Waals surface area contributed by atoms with Crippen LogP contribution in [0.1, 0.15) is 86.1 Å². The molecular formula is C40H42N3OPt-. The Bertz CT molecular complexity index is 2160. The van der Waals surface area contributed by atoms with Gasteiger partial charge in [-0.2, -0.15) is 0 Å². The molecule has 0 amide bonds. The van der Waals surface area contributed by atoms with Gasteiger partial charge >= 0.3 is 0 Å². The van der Waals surface area contributed by atoms with E-state index in [9.17, 15) is 5.11 Å². The molecule has 0 bridgehead atoms. The zero-order valence-electron chi connectivity index (χ0n) is 28.0. The molecule has 4 nitrogen and oxygen atoms in total. The molecule has 234 valence electrons. The number of nitrogens with zero attached hydrogens (tertiary/aromatic N) is 3. The Balaban J connectivity index is 0.00000357. The largest absolute Gasteiger partial charge is 0.515 e. The number of aromatic nitrogens is 3. The number of phenols is 1. The molecule has 1 N–H and O–H groups in total. The standard InChI is InChI=1S/C40H42N3O.Pt/c1-37(2,3)28-22-31(38(4,5)6)41-35-33(28)39(7,8)40(9,10)43-29-15-12-14-26(34(29)42-36(35)43)25-20-18-23-17-19-24-13-11-16-30(44)32(24)27(23)21-25;/h11-20,22,44H,1-10H3;/q-1;. The van der Waals surface area contributed by atoms with E-state index in [1.807, 2.05) is 12.1 Å². The van der Waals surface area contributed by atoms with Gasteiger partial charge in [-0.05, 0) is 59.4 Å². The third-order valence-electron chi connectivity index (χ3n) is 10.2. The van der Waals surface area contributed by atoms with Crippen LogP contribution < -0.4 is 0 Å². The van der Waals surface area contributed by atoms with E-state index in [0.29, 0.717) is 0 Å². The molecule has 0 fully saturated rings. The molecule has 0 radical (unpaired) electrons. The summed E-state index contributed by atoms with van der Waals surface area (Å²) in [5.74, 6) is 1.19. The molecule has 1 aliphatic heterocycles.